The van der Waals surface area contributed by atoms with Crippen LogP contribution < -0.4 is 10.2 Å². The van der Waals surface area contributed by atoms with E-state index in [2.05, 4.69) is 35.1 Å². The number of rotatable bonds is 7. The molecule has 0 spiro atoms. The highest BCUT2D eigenvalue weighted by molar-refractivity contribution is 5.92. The molecule has 22 heavy (non-hydrogen) atoms. The van der Waals surface area contributed by atoms with Crippen LogP contribution in [0.5, 0.6) is 0 Å². The molecule has 4 nitrogen and oxygen atoms in total. The molecule has 4 heteroatoms. The van der Waals surface area contributed by atoms with Crippen LogP contribution in [0.2, 0.25) is 0 Å². The van der Waals surface area contributed by atoms with Crippen LogP contribution in [0.3, 0.4) is 0 Å². The van der Waals surface area contributed by atoms with E-state index < -0.39 is 0 Å². The second-order valence-corrected chi connectivity index (χ2v) is 5.69. The van der Waals surface area contributed by atoms with Crippen molar-refractivity contribution >= 4 is 11.6 Å². The Morgan fingerprint density at radius 2 is 2.09 bits per heavy atom. The molecule has 1 aliphatic rings. The zero-order valence-corrected chi connectivity index (χ0v) is 13.8. The summed E-state index contributed by atoms with van der Waals surface area (Å²) in [5, 5.41) is 2.97. The quantitative estimate of drug-likeness (QED) is 0.783. The lowest BCUT2D eigenvalue weighted by Gasteiger charge is -2.20. The molecule has 1 aliphatic carbocycles. The first-order valence-electron chi connectivity index (χ1n) is 8.41. The highest BCUT2D eigenvalue weighted by atomic mass is 16.1. The van der Waals surface area contributed by atoms with Crippen molar-refractivity contribution in [3.63, 3.8) is 0 Å². The molecule has 0 radical (unpaired) electrons. The first kappa shape index (κ1) is 16.5. The fourth-order valence-corrected chi connectivity index (χ4v) is 2.86. The van der Waals surface area contributed by atoms with Crippen LogP contribution in [-0.4, -0.2) is 30.5 Å². The Bertz CT molecular complexity index is 504. The maximum Gasteiger partial charge on any atom is 0.269 e. The molecule has 120 valence electrons. The van der Waals surface area contributed by atoms with E-state index in [-0.39, 0.29) is 5.91 Å². The summed E-state index contributed by atoms with van der Waals surface area (Å²) in [6, 6.07) is 3.78. The van der Waals surface area contributed by atoms with Crippen molar-refractivity contribution in [3.8, 4) is 0 Å². The molecule has 1 aromatic heterocycles. The summed E-state index contributed by atoms with van der Waals surface area (Å²) in [6.45, 7) is 6.82. The highest BCUT2D eigenvalue weighted by Gasteiger charge is 2.09. The summed E-state index contributed by atoms with van der Waals surface area (Å²) in [5.74, 6) is -0.0810. The predicted octanol–water partition coefficient (Wildman–Crippen LogP) is 3.55. The first-order chi connectivity index (χ1) is 10.7. The van der Waals surface area contributed by atoms with Crippen molar-refractivity contribution in [3.05, 3.63) is 35.7 Å². The number of hydrogen-bond donors (Lipinski definition) is 1. The Morgan fingerprint density at radius 1 is 1.27 bits per heavy atom. The van der Waals surface area contributed by atoms with Gasteiger partial charge < -0.3 is 10.2 Å². The van der Waals surface area contributed by atoms with E-state index in [0.717, 1.165) is 25.2 Å². The van der Waals surface area contributed by atoms with E-state index >= 15 is 0 Å². The molecule has 0 fully saturated rings. The Hall–Kier alpha value is -1.84. The molecular formula is C18H27N3O. The van der Waals surface area contributed by atoms with Crippen molar-refractivity contribution in [1.82, 2.24) is 10.3 Å². The molecule has 1 N–H and O–H groups in total. The van der Waals surface area contributed by atoms with E-state index in [0.29, 0.717) is 12.2 Å². The van der Waals surface area contributed by atoms with Gasteiger partial charge in [-0.25, -0.2) is 4.98 Å². The molecule has 0 saturated carbocycles. The van der Waals surface area contributed by atoms with Gasteiger partial charge >= 0.3 is 0 Å². The molecule has 2 rings (SSSR count). The number of amides is 1. The number of nitrogens with zero attached hydrogens (tertiary/aromatic N) is 2. The number of aromatic nitrogens is 1. The molecule has 1 heterocycles. The summed E-state index contributed by atoms with van der Waals surface area (Å²) >= 11 is 0. The van der Waals surface area contributed by atoms with Gasteiger partial charge in [0.1, 0.15) is 5.69 Å². The topological polar surface area (TPSA) is 45.2 Å². The van der Waals surface area contributed by atoms with Crippen LogP contribution in [0, 0.1) is 0 Å². The van der Waals surface area contributed by atoms with Crippen LogP contribution >= 0.6 is 0 Å². The van der Waals surface area contributed by atoms with Gasteiger partial charge in [0.15, 0.2) is 0 Å². The minimum atomic E-state index is -0.0810. The molecule has 0 aliphatic heterocycles. The number of hydrogen-bond acceptors (Lipinski definition) is 3. The third kappa shape index (κ3) is 4.58. The smallest absolute Gasteiger partial charge is 0.269 e. The van der Waals surface area contributed by atoms with Gasteiger partial charge in [-0.15, -0.1) is 0 Å². The second-order valence-electron chi connectivity index (χ2n) is 5.69. The molecule has 0 aromatic carbocycles. The SMILES string of the molecule is CCN(CC)c1ccc(C(=O)NCCC2=CCCCC2)nc1. The van der Waals surface area contributed by atoms with Crippen molar-refractivity contribution in [2.45, 2.75) is 46.0 Å². The minimum Gasteiger partial charge on any atom is -0.371 e. The zero-order valence-electron chi connectivity index (χ0n) is 13.8. The van der Waals surface area contributed by atoms with Crippen LogP contribution in [0.1, 0.15) is 56.4 Å². The minimum absolute atomic E-state index is 0.0810. The Balaban J connectivity index is 1.83. The molecule has 0 unspecified atom stereocenters. The summed E-state index contributed by atoms with van der Waals surface area (Å²) in [6.07, 6.45) is 10.0. The first-order valence-corrected chi connectivity index (χ1v) is 8.41. The Kier molecular flexibility index (Phi) is 6.44. The fourth-order valence-electron chi connectivity index (χ4n) is 2.86. The van der Waals surface area contributed by atoms with Crippen LogP contribution in [0.15, 0.2) is 30.0 Å². The number of carbonyl (C=O) groups excluding carboxylic acids is 1. The molecule has 1 amide bonds. The lowest BCUT2D eigenvalue weighted by atomic mass is 9.97. The second kappa shape index (κ2) is 8.57. The standard InChI is InChI=1S/C18H27N3O/c1-3-21(4-2)16-10-11-17(20-14-16)18(22)19-13-12-15-8-6-5-7-9-15/h8,10-11,14H,3-7,9,12-13H2,1-2H3,(H,19,22). The molecule has 0 atom stereocenters. The fraction of sp³-hybridized carbons (Fsp3) is 0.556. The van der Waals surface area contributed by atoms with Crippen molar-refractivity contribution in [1.29, 1.82) is 0 Å². The number of nitrogens with one attached hydrogen (secondary N) is 1. The van der Waals surface area contributed by atoms with Crippen LogP contribution in [0.4, 0.5) is 5.69 Å². The number of carbonyl (C=O) groups is 1. The third-order valence-electron chi connectivity index (χ3n) is 4.23. The number of allylic oxidation sites excluding steroid dienone is 1. The van der Waals surface area contributed by atoms with Crippen LogP contribution in [-0.2, 0) is 0 Å². The van der Waals surface area contributed by atoms with E-state index in [1.165, 1.54) is 31.3 Å². The summed E-state index contributed by atoms with van der Waals surface area (Å²) in [4.78, 5) is 18.6. The average Bonchev–Trinajstić information content (AvgIpc) is 2.57. The van der Waals surface area contributed by atoms with Crippen molar-refractivity contribution in [2.24, 2.45) is 0 Å². The van der Waals surface area contributed by atoms with Gasteiger partial charge in [0.2, 0.25) is 0 Å². The van der Waals surface area contributed by atoms with Gasteiger partial charge in [-0.05, 0) is 58.1 Å². The predicted molar refractivity (Wildman–Crippen MR) is 91.3 cm³/mol. The van der Waals surface area contributed by atoms with Crippen LogP contribution in [0.25, 0.3) is 0 Å². The van der Waals surface area contributed by atoms with Gasteiger partial charge in [-0.1, -0.05) is 11.6 Å². The molecule has 0 saturated heterocycles. The van der Waals surface area contributed by atoms with E-state index in [1.807, 2.05) is 12.1 Å². The van der Waals surface area contributed by atoms with Gasteiger partial charge in [0.05, 0.1) is 11.9 Å². The zero-order chi connectivity index (χ0) is 15.8. The van der Waals surface area contributed by atoms with Crippen molar-refractivity contribution < 1.29 is 4.79 Å². The highest BCUT2D eigenvalue weighted by Crippen LogP contribution is 2.19. The largest absolute Gasteiger partial charge is 0.371 e. The van der Waals surface area contributed by atoms with Gasteiger partial charge in [-0.3, -0.25) is 4.79 Å². The lowest BCUT2D eigenvalue weighted by Crippen LogP contribution is -2.26. The van der Waals surface area contributed by atoms with E-state index in [9.17, 15) is 4.79 Å². The lowest BCUT2D eigenvalue weighted by molar-refractivity contribution is 0.0949. The monoisotopic (exact) mass is 301 g/mol. The molecule has 1 aromatic rings. The Labute approximate surface area is 133 Å². The van der Waals surface area contributed by atoms with Gasteiger partial charge in [0, 0.05) is 19.6 Å². The molecular weight excluding hydrogens is 274 g/mol. The summed E-state index contributed by atoms with van der Waals surface area (Å²) in [7, 11) is 0. The maximum absolute atomic E-state index is 12.1. The van der Waals surface area contributed by atoms with Gasteiger partial charge in [0.25, 0.3) is 5.91 Å². The average molecular weight is 301 g/mol. The number of anilines is 1. The normalized spacial score (nSPS) is 14.4. The molecule has 0 bridgehead atoms. The summed E-state index contributed by atoms with van der Waals surface area (Å²) < 4.78 is 0. The maximum atomic E-state index is 12.1. The summed E-state index contributed by atoms with van der Waals surface area (Å²) in [5.41, 5.74) is 3.04. The van der Waals surface area contributed by atoms with E-state index in [4.69, 9.17) is 0 Å². The third-order valence-corrected chi connectivity index (χ3v) is 4.23. The number of pyridine rings is 1. The Morgan fingerprint density at radius 3 is 2.68 bits per heavy atom. The van der Waals surface area contributed by atoms with Crippen molar-refractivity contribution in [2.75, 3.05) is 24.5 Å². The van der Waals surface area contributed by atoms with Gasteiger partial charge in [-0.2, -0.15) is 0 Å². The van der Waals surface area contributed by atoms with E-state index in [1.54, 1.807) is 6.20 Å².